The van der Waals surface area contributed by atoms with Crippen LogP contribution in [-0.2, 0) is 6.42 Å². The van der Waals surface area contributed by atoms with Crippen molar-refractivity contribution in [3.05, 3.63) is 29.3 Å². The molecule has 0 saturated heterocycles. The molecule has 68 valence electrons. The average Bonchev–Trinajstić information content (AvgIpc) is 2.49. The molecule has 0 fully saturated rings. The first-order chi connectivity index (χ1) is 6.31. The molecule has 2 heteroatoms. The fourth-order valence-electron chi connectivity index (χ4n) is 1.75. The van der Waals surface area contributed by atoms with Gasteiger partial charge in [0.15, 0.2) is 5.78 Å². The number of hydrogen-bond donors (Lipinski definition) is 1. The van der Waals surface area contributed by atoms with Crippen molar-refractivity contribution in [3.63, 3.8) is 0 Å². The van der Waals surface area contributed by atoms with Crippen LogP contribution in [0.5, 0.6) is 0 Å². The number of nitrogens with one attached hydrogen (secondary N) is 1. The number of benzene rings is 1. The number of rotatable bonds is 2. The Labute approximate surface area is 78.0 Å². The zero-order chi connectivity index (χ0) is 9.26. The highest BCUT2D eigenvalue weighted by atomic mass is 16.1. The van der Waals surface area contributed by atoms with Crippen molar-refractivity contribution in [1.82, 2.24) is 0 Å². The molecular formula is C11H13NO. The minimum atomic E-state index is 0.287. The van der Waals surface area contributed by atoms with Gasteiger partial charge in [0, 0.05) is 24.2 Å². The fraction of sp³-hybridized carbons (Fsp3) is 0.364. The summed E-state index contributed by atoms with van der Waals surface area (Å²) in [5.74, 6) is 0.287. The number of carbonyl (C=O) groups is 1. The van der Waals surface area contributed by atoms with Crippen LogP contribution in [0.1, 0.15) is 29.3 Å². The van der Waals surface area contributed by atoms with Crippen LogP contribution in [0, 0.1) is 0 Å². The standard InChI is InChI=1S/C11H13NO/c1-2-12-9-5-3-8-4-6-11(13)10(8)7-9/h3,5,7,12H,2,4,6H2,1H3. The normalized spacial score (nSPS) is 14.4. The molecule has 0 amide bonds. The van der Waals surface area contributed by atoms with Gasteiger partial charge in [-0.15, -0.1) is 0 Å². The molecule has 0 aromatic heterocycles. The Balaban J connectivity index is 2.36. The van der Waals surface area contributed by atoms with Crippen LogP contribution >= 0.6 is 0 Å². The van der Waals surface area contributed by atoms with Gasteiger partial charge in [-0.1, -0.05) is 6.07 Å². The van der Waals surface area contributed by atoms with Crippen molar-refractivity contribution in [2.75, 3.05) is 11.9 Å². The van der Waals surface area contributed by atoms with E-state index in [1.54, 1.807) is 0 Å². The third-order valence-electron chi connectivity index (χ3n) is 2.41. The molecule has 0 heterocycles. The van der Waals surface area contributed by atoms with E-state index in [2.05, 4.69) is 18.3 Å². The van der Waals surface area contributed by atoms with E-state index in [-0.39, 0.29) is 5.78 Å². The van der Waals surface area contributed by atoms with Gasteiger partial charge >= 0.3 is 0 Å². The maximum atomic E-state index is 11.4. The molecule has 2 rings (SSSR count). The molecule has 0 aliphatic heterocycles. The summed E-state index contributed by atoms with van der Waals surface area (Å²) in [5, 5.41) is 3.21. The number of fused-ring (bicyclic) bond motifs is 1. The summed E-state index contributed by atoms with van der Waals surface area (Å²) in [6.07, 6.45) is 1.60. The van der Waals surface area contributed by atoms with Crippen molar-refractivity contribution >= 4 is 11.5 Å². The highest BCUT2D eigenvalue weighted by Gasteiger charge is 2.18. The van der Waals surface area contributed by atoms with Crippen molar-refractivity contribution in [3.8, 4) is 0 Å². The summed E-state index contributed by atoms with van der Waals surface area (Å²) in [6, 6.07) is 6.06. The smallest absolute Gasteiger partial charge is 0.163 e. The van der Waals surface area contributed by atoms with Gasteiger partial charge in [-0.05, 0) is 31.0 Å². The van der Waals surface area contributed by atoms with E-state index >= 15 is 0 Å². The molecule has 0 radical (unpaired) electrons. The van der Waals surface area contributed by atoms with Gasteiger partial charge in [0.2, 0.25) is 0 Å². The second-order valence-electron chi connectivity index (χ2n) is 3.33. The van der Waals surface area contributed by atoms with E-state index in [1.165, 1.54) is 5.56 Å². The summed E-state index contributed by atoms with van der Waals surface area (Å²) < 4.78 is 0. The Hall–Kier alpha value is -1.31. The highest BCUT2D eigenvalue weighted by Crippen LogP contribution is 2.24. The third-order valence-corrected chi connectivity index (χ3v) is 2.41. The number of aryl methyl sites for hydroxylation is 1. The monoisotopic (exact) mass is 175 g/mol. The lowest BCUT2D eigenvalue weighted by Crippen LogP contribution is -1.98. The maximum Gasteiger partial charge on any atom is 0.163 e. The summed E-state index contributed by atoms with van der Waals surface area (Å²) in [7, 11) is 0. The average molecular weight is 175 g/mol. The first-order valence-corrected chi connectivity index (χ1v) is 4.71. The second-order valence-corrected chi connectivity index (χ2v) is 3.33. The summed E-state index contributed by atoms with van der Waals surface area (Å²) in [6.45, 7) is 2.95. The summed E-state index contributed by atoms with van der Waals surface area (Å²) in [5.41, 5.74) is 3.17. The first kappa shape index (κ1) is 8.30. The third kappa shape index (κ3) is 1.44. The summed E-state index contributed by atoms with van der Waals surface area (Å²) >= 11 is 0. The molecule has 0 spiro atoms. The van der Waals surface area contributed by atoms with Crippen molar-refractivity contribution in [2.45, 2.75) is 19.8 Å². The SMILES string of the molecule is CCNc1ccc2c(c1)C(=O)CC2. The lowest BCUT2D eigenvalue weighted by Gasteiger charge is -2.04. The maximum absolute atomic E-state index is 11.4. The largest absolute Gasteiger partial charge is 0.385 e. The lowest BCUT2D eigenvalue weighted by atomic mass is 10.1. The van der Waals surface area contributed by atoms with Gasteiger partial charge in [-0.2, -0.15) is 0 Å². The van der Waals surface area contributed by atoms with Crippen LogP contribution < -0.4 is 5.32 Å². The van der Waals surface area contributed by atoms with Crippen LogP contribution in [0.4, 0.5) is 5.69 Å². The Morgan fingerprint density at radius 2 is 2.23 bits per heavy atom. The van der Waals surface area contributed by atoms with Crippen LogP contribution in [0.2, 0.25) is 0 Å². The van der Waals surface area contributed by atoms with Gasteiger partial charge in [-0.3, -0.25) is 4.79 Å². The van der Waals surface area contributed by atoms with E-state index in [4.69, 9.17) is 0 Å². The summed E-state index contributed by atoms with van der Waals surface area (Å²) in [4.78, 5) is 11.4. The Morgan fingerprint density at radius 3 is 3.00 bits per heavy atom. The first-order valence-electron chi connectivity index (χ1n) is 4.71. The molecule has 0 atom stereocenters. The van der Waals surface area contributed by atoms with Crippen molar-refractivity contribution in [1.29, 1.82) is 0 Å². The van der Waals surface area contributed by atoms with Gasteiger partial charge in [0.25, 0.3) is 0 Å². The number of anilines is 1. The van der Waals surface area contributed by atoms with Crippen molar-refractivity contribution in [2.24, 2.45) is 0 Å². The molecule has 13 heavy (non-hydrogen) atoms. The quantitative estimate of drug-likeness (QED) is 0.746. The molecule has 2 nitrogen and oxygen atoms in total. The minimum absolute atomic E-state index is 0.287. The van der Waals surface area contributed by atoms with E-state index in [9.17, 15) is 4.79 Å². The molecule has 1 N–H and O–H groups in total. The van der Waals surface area contributed by atoms with E-state index in [0.717, 1.165) is 24.2 Å². The van der Waals surface area contributed by atoms with Gasteiger partial charge in [0.1, 0.15) is 0 Å². The second kappa shape index (κ2) is 3.21. The number of carbonyl (C=O) groups excluding carboxylic acids is 1. The molecule has 1 aliphatic rings. The highest BCUT2D eigenvalue weighted by molar-refractivity contribution is 6.01. The molecule has 1 aromatic carbocycles. The van der Waals surface area contributed by atoms with Gasteiger partial charge < -0.3 is 5.32 Å². The lowest BCUT2D eigenvalue weighted by molar-refractivity contribution is 0.0994. The molecule has 1 aliphatic carbocycles. The Kier molecular flexibility index (Phi) is 2.05. The predicted octanol–water partition coefficient (Wildman–Crippen LogP) is 2.25. The van der Waals surface area contributed by atoms with E-state index in [0.29, 0.717) is 6.42 Å². The molecule has 0 unspecified atom stereocenters. The van der Waals surface area contributed by atoms with E-state index < -0.39 is 0 Å². The molecule has 1 aromatic rings. The zero-order valence-electron chi connectivity index (χ0n) is 7.76. The Bertz CT molecular complexity index is 344. The van der Waals surface area contributed by atoms with Gasteiger partial charge in [-0.25, -0.2) is 0 Å². The van der Waals surface area contributed by atoms with Gasteiger partial charge in [0.05, 0.1) is 0 Å². The number of Topliss-reactive ketones (excluding diaryl/α,β-unsaturated/α-hetero) is 1. The van der Waals surface area contributed by atoms with Crippen LogP contribution in [-0.4, -0.2) is 12.3 Å². The fourth-order valence-corrected chi connectivity index (χ4v) is 1.75. The van der Waals surface area contributed by atoms with Crippen LogP contribution in [0.25, 0.3) is 0 Å². The Morgan fingerprint density at radius 1 is 1.38 bits per heavy atom. The minimum Gasteiger partial charge on any atom is -0.385 e. The number of hydrogen-bond acceptors (Lipinski definition) is 2. The van der Waals surface area contributed by atoms with Crippen molar-refractivity contribution < 1.29 is 4.79 Å². The van der Waals surface area contributed by atoms with Crippen LogP contribution in [0.3, 0.4) is 0 Å². The number of ketones is 1. The molecular weight excluding hydrogens is 162 g/mol. The zero-order valence-corrected chi connectivity index (χ0v) is 7.76. The van der Waals surface area contributed by atoms with Crippen LogP contribution in [0.15, 0.2) is 18.2 Å². The molecule has 0 saturated carbocycles. The topological polar surface area (TPSA) is 29.1 Å². The molecule has 0 bridgehead atoms. The van der Waals surface area contributed by atoms with E-state index in [1.807, 2.05) is 12.1 Å². The predicted molar refractivity (Wildman–Crippen MR) is 53.3 cm³/mol.